The molecule has 0 aliphatic rings. The van der Waals surface area contributed by atoms with Crippen LogP contribution in [-0.4, -0.2) is 27.8 Å². The van der Waals surface area contributed by atoms with Gasteiger partial charge in [0.1, 0.15) is 6.42 Å². The van der Waals surface area contributed by atoms with Gasteiger partial charge in [-0.2, -0.15) is 4.37 Å². The second kappa shape index (κ2) is 11.6. The first-order chi connectivity index (χ1) is 15.1. The van der Waals surface area contributed by atoms with Crippen molar-refractivity contribution in [3.8, 4) is 0 Å². The maximum absolute atomic E-state index is 12.5. The van der Waals surface area contributed by atoms with Crippen LogP contribution < -0.4 is 10.6 Å². The highest BCUT2D eigenvalue weighted by molar-refractivity contribution is 7.14. The molecule has 0 saturated carbocycles. The zero-order valence-electron chi connectivity index (χ0n) is 17.6. The third kappa shape index (κ3) is 6.86. The van der Waals surface area contributed by atoms with Gasteiger partial charge in [-0.05, 0) is 43.5 Å². The fourth-order valence-electron chi connectivity index (χ4n) is 2.93. The van der Waals surface area contributed by atoms with Gasteiger partial charge in [-0.1, -0.05) is 31.5 Å². The number of rotatable bonds is 11. The number of ether oxygens (including phenoxy) is 1. The predicted molar refractivity (Wildman–Crippen MR) is 125 cm³/mol. The van der Waals surface area contributed by atoms with E-state index in [-0.39, 0.29) is 18.3 Å². The van der Waals surface area contributed by atoms with Crippen LogP contribution in [0.1, 0.15) is 52.6 Å². The highest BCUT2D eigenvalue weighted by Gasteiger charge is 2.14. The van der Waals surface area contributed by atoms with Gasteiger partial charge in [0.15, 0.2) is 5.82 Å². The third-order valence-electron chi connectivity index (χ3n) is 4.45. The van der Waals surface area contributed by atoms with Crippen molar-refractivity contribution in [2.75, 3.05) is 17.2 Å². The molecule has 0 spiro atoms. The summed E-state index contributed by atoms with van der Waals surface area (Å²) in [5, 5.41) is 6.60. The van der Waals surface area contributed by atoms with Crippen molar-refractivity contribution in [1.82, 2.24) is 9.36 Å². The van der Waals surface area contributed by atoms with Gasteiger partial charge in [0.05, 0.1) is 11.5 Å². The summed E-state index contributed by atoms with van der Waals surface area (Å²) in [5.74, 6) is -0.278. The number of unbranched alkanes of at least 4 members (excludes halogenated alkanes) is 1. The molecule has 2 N–H and O–H groups in total. The Hall–Kier alpha value is -2.78. The molecule has 7 nitrogen and oxygen atoms in total. The zero-order chi connectivity index (χ0) is 22.1. The van der Waals surface area contributed by atoms with E-state index in [2.05, 4.69) is 45.1 Å². The van der Waals surface area contributed by atoms with E-state index in [1.807, 2.05) is 12.1 Å². The Labute approximate surface area is 190 Å². The Morgan fingerprint density at radius 2 is 1.97 bits per heavy atom. The van der Waals surface area contributed by atoms with E-state index in [1.165, 1.54) is 16.9 Å². The molecule has 9 heteroatoms. The van der Waals surface area contributed by atoms with Gasteiger partial charge in [-0.3, -0.25) is 14.9 Å². The van der Waals surface area contributed by atoms with Gasteiger partial charge in [0.25, 0.3) is 5.91 Å². The summed E-state index contributed by atoms with van der Waals surface area (Å²) in [6.07, 6.45) is 3.37. The van der Waals surface area contributed by atoms with Crippen LogP contribution >= 0.6 is 22.9 Å². The highest BCUT2D eigenvalue weighted by Crippen LogP contribution is 2.23. The van der Waals surface area contributed by atoms with Crippen molar-refractivity contribution >= 4 is 45.6 Å². The third-order valence-corrected chi connectivity index (χ3v) is 6.20. The summed E-state index contributed by atoms with van der Waals surface area (Å²) in [6.45, 7) is 4.90. The number of carbonyl (C=O) groups is 2. The fraction of sp³-hybridized carbons (Fsp3) is 0.364. The largest absolute Gasteiger partial charge is 0.466 e. The van der Waals surface area contributed by atoms with Crippen LogP contribution in [0.2, 0.25) is 0 Å². The molecular formula is C22H26N4O3S2. The van der Waals surface area contributed by atoms with Crippen molar-refractivity contribution < 1.29 is 14.3 Å². The number of amides is 1. The predicted octanol–water partition coefficient (Wildman–Crippen LogP) is 4.91. The number of nitrogens with one attached hydrogen (secondary N) is 2. The first-order valence-electron chi connectivity index (χ1n) is 10.3. The van der Waals surface area contributed by atoms with Crippen LogP contribution in [-0.2, 0) is 28.9 Å². The van der Waals surface area contributed by atoms with Crippen molar-refractivity contribution in [3.63, 3.8) is 0 Å². The number of hydrogen-bond donors (Lipinski definition) is 2. The standard InChI is InChI=1S/C22H26N4O3S2/c1-3-5-8-15-9-6-7-10-17(15)23-14-16-11-12-18(30-16)21(28)25-22-24-19(26-31-22)13-20(27)29-4-2/h6-7,9-12,23H,3-5,8,13-14H2,1-2H3,(H,24,25,26,28). The lowest BCUT2D eigenvalue weighted by Gasteiger charge is -2.11. The van der Waals surface area contributed by atoms with Crippen LogP contribution in [0.25, 0.3) is 0 Å². The Kier molecular flexibility index (Phi) is 8.54. The summed E-state index contributed by atoms with van der Waals surface area (Å²) in [7, 11) is 0. The number of carbonyl (C=O) groups excluding carboxylic acids is 2. The van der Waals surface area contributed by atoms with Gasteiger partial charge in [0.2, 0.25) is 5.13 Å². The number of aryl methyl sites for hydroxylation is 1. The first-order valence-corrected chi connectivity index (χ1v) is 11.9. The van der Waals surface area contributed by atoms with Crippen LogP contribution in [0.4, 0.5) is 10.8 Å². The van der Waals surface area contributed by atoms with Crippen molar-refractivity contribution in [1.29, 1.82) is 0 Å². The average molecular weight is 459 g/mol. The van der Waals surface area contributed by atoms with Crippen LogP contribution in [0, 0.1) is 0 Å². The minimum atomic E-state index is -0.384. The SMILES string of the molecule is CCCCc1ccccc1NCc1ccc(C(=O)Nc2nc(CC(=O)OCC)ns2)s1. The Morgan fingerprint density at radius 3 is 2.77 bits per heavy atom. The van der Waals surface area contributed by atoms with Gasteiger partial charge in [-0.25, -0.2) is 4.98 Å². The number of aromatic nitrogens is 2. The second-order valence-corrected chi connectivity index (χ2v) is 8.75. The van der Waals surface area contributed by atoms with Gasteiger partial charge < -0.3 is 10.1 Å². The number of hydrogen-bond acceptors (Lipinski definition) is 8. The molecule has 31 heavy (non-hydrogen) atoms. The van der Waals surface area contributed by atoms with Crippen LogP contribution in [0.15, 0.2) is 36.4 Å². The topological polar surface area (TPSA) is 93.2 Å². The first kappa shape index (κ1) is 22.9. The second-order valence-electron chi connectivity index (χ2n) is 6.83. The molecule has 3 aromatic rings. The number of thiophene rings is 1. The molecule has 0 radical (unpaired) electrons. The molecule has 164 valence electrons. The smallest absolute Gasteiger partial charge is 0.313 e. The highest BCUT2D eigenvalue weighted by atomic mass is 32.1. The lowest BCUT2D eigenvalue weighted by Crippen LogP contribution is -2.11. The fourth-order valence-corrected chi connectivity index (χ4v) is 4.36. The minimum Gasteiger partial charge on any atom is -0.466 e. The maximum Gasteiger partial charge on any atom is 0.313 e. The quantitative estimate of drug-likeness (QED) is 0.397. The van der Waals surface area contributed by atoms with Crippen molar-refractivity contribution in [2.45, 2.75) is 46.1 Å². The zero-order valence-corrected chi connectivity index (χ0v) is 19.3. The van der Waals surface area contributed by atoms with E-state index < -0.39 is 0 Å². The number of esters is 1. The van der Waals surface area contributed by atoms with Gasteiger partial charge in [-0.15, -0.1) is 11.3 Å². The number of nitrogens with zero attached hydrogens (tertiary/aromatic N) is 2. The maximum atomic E-state index is 12.5. The normalized spacial score (nSPS) is 10.6. The monoisotopic (exact) mass is 458 g/mol. The van der Waals surface area contributed by atoms with Crippen molar-refractivity contribution in [3.05, 3.63) is 57.5 Å². The van der Waals surface area contributed by atoms with Crippen LogP contribution in [0.3, 0.4) is 0 Å². The summed E-state index contributed by atoms with van der Waals surface area (Å²) >= 11 is 2.48. The molecule has 2 aromatic heterocycles. The molecule has 0 fully saturated rings. The molecule has 0 aliphatic carbocycles. The van der Waals surface area contributed by atoms with E-state index in [4.69, 9.17) is 4.74 Å². The lowest BCUT2D eigenvalue weighted by molar-refractivity contribution is -0.142. The molecule has 1 aromatic carbocycles. The van der Waals surface area contributed by atoms with E-state index in [9.17, 15) is 9.59 Å². The van der Waals surface area contributed by atoms with E-state index in [0.717, 1.165) is 41.4 Å². The van der Waals surface area contributed by atoms with E-state index in [0.29, 0.717) is 29.0 Å². The molecule has 0 atom stereocenters. The van der Waals surface area contributed by atoms with Crippen molar-refractivity contribution in [2.24, 2.45) is 0 Å². The molecule has 0 aliphatic heterocycles. The average Bonchev–Trinajstić information content (AvgIpc) is 3.41. The molecule has 1 amide bonds. The van der Waals surface area contributed by atoms with Gasteiger partial charge in [0, 0.05) is 28.6 Å². The lowest BCUT2D eigenvalue weighted by atomic mass is 10.1. The van der Waals surface area contributed by atoms with Crippen LogP contribution in [0.5, 0.6) is 0 Å². The summed E-state index contributed by atoms with van der Waals surface area (Å²) in [5.41, 5.74) is 2.45. The number of benzene rings is 1. The molecule has 2 heterocycles. The molecule has 3 rings (SSSR count). The molecule has 0 bridgehead atoms. The Morgan fingerprint density at radius 1 is 1.13 bits per heavy atom. The molecular weight excluding hydrogens is 432 g/mol. The van der Waals surface area contributed by atoms with Gasteiger partial charge >= 0.3 is 5.97 Å². The molecule has 0 unspecified atom stereocenters. The molecule has 0 saturated heterocycles. The minimum absolute atomic E-state index is 0.00520. The summed E-state index contributed by atoms with van der Waals surface area (Å²) in [6, 6.07) is 12.1. The number of anilines is 2. The Bertz CT molecular complexity index is 1020. The van der Waals surface area contributed by atoms with E-state index >= 15 is 0 Å². The summed E-state index contributed by atoms with van der Waals surface area (Å²) in [4.78, 5) is 29.9. The summed E-state index contributed by atoms with van der Waals surface area (Å²) < 4.78 is 8.97. The van der Waals surface area contributed by atoms with E-state index in [1.54, 1.807) is 13.0 Å². The Balaban J connectivity index is 1.54. The number of para-hydroxylation sites is 1.